The Morgan fingerprint density at radius 1 is 1.39 bits per heavy atom. The van der Waals surface area contributed by atoms with Gasteiger partial charge < -0.3 is 0 Å². The first-order valence-corrected chi connectivity index (χ1v) is 7.38. The van der Waals surface area contributed by atoms with Gasteiger partial charge in [-0.15, -0.1) is 0 Å². The molecule has 1 aliphatic heterocycles. The Morgan fingerprint density at radius 2 is 2.06 bits per heavy atom. The molecule has 0 bridgehead atoms. The Kier molecular flexibility index (Phi) is 3.74. The van der Waals surface area contributed by atoms with Crippen molar-refractivity contribution in [2.75, 3.05) is 6.61 Å². The third kappa shape index (κ3) is 2.17. The van der Waals surface area contributed by atoms with Gasteiger partial charge in [0.1, 0.15) is 0 Å². The second-order valence-corrected chi connectivity index (χ2v) is 7.06. The van der Waals surface area contributed by atoms with Crippen molar-refractivity contribution in [1.29, 1.82) is 0 Å². The fraction of sp³-hybridized carbons (Fsp3) is 0.600. The molecular formula is C10H14N2O5Se. The van der Waals surface area contributed by atoms with Crippen LogP contribution in [-0.4, -0.2) is 58.6 Å². The maximum atomic E-state index is 11.7. The predicted octanol–water partition coefficient (Wildman–Crippen LogP) is -2.44. The fourth-order valence-corrected chi connectivity index (χ4v) is 4.77. The molecular weight excluding hydrogens is 307 g/mol. The predicted molar refractivity (Wildman–Crippen MR) is 63.7 cm³/mol. The fourth-order valence-electron chi connectivity index (χ4n) is 1.88. The number of H-pyrrole nitrogens is 1. The van der Waals surface area contributed by atoms with Gasteiger partial charge in [-0.05, 0) is 0 Å². The molecule has 0 radical (unpaired) electrons. The molecule has 1 aromatic rings. The van der Waals surface area contributed by atoms with Crippen molar-refractivity contribution >= 4 is 15.0 Å². The summed E-state index contributed by atoms with van der Waals surface area (Å²) in [5.74, 6) is 0. The van der Waals surface area contributed by atoms with E-state index in [4.69, 9.17) is 5.11 Å². The second kappa shape index (κ2) is 4.99. The molecule has 2 rings (SSSR count). The molecule has 0 spiro atoms. The first-order valence-electron chi connectivity index (χ1n) is 5.40. The van der Waals surface area contributed by atoms with Crippen molar-refractivity contribution in [3.05, 3.63) is 32.6 Å². The van der Waals surface area contributed by atoms with Crippen LogP contribution in [0.4, 0.5) is 0 Å². The molecule has 4 N–H and O–H groups in total. The van der Waals surface area contributed by atoms with Crippen LogP contribution in [-0.2, 0) is 0 Å². The van der Waals surface area contributed by atoms with Gasteiger partial charge in [-0.3, -0.25) is 0 Å². The normalized spacial score (nSPS) is 31.8. The molecule has 2 heterocycles. The average Bonchev–Trinajstić information content (AvgIpc) is 2.61. The van der Waals surface area contributed by atoms with Crippen LogP contribution in [0.25, 0.3) is 0 Å². The maximum absolute atomic E-state index is 11.7. The summed E-state index contributed by atoms with van der Waals surface area (Å²) in [5.41, 5.74) is -0.711. The third-order valence-corrected chi connectivity index (χ3v) is 6.22. The Bertz CT molecular complexity index is 554. The zero-order valence-electron chi connectivity index (χ0n) is 9.61. The molecule has 1 aliphatic rings. The van der Waals surface area contributed by atoms with Crippen LogP contribution in [0.1, 0.15) is 10.5 Å². The van der Waals surface area contributed by atoms with Crippen LogP contribution in [0.5, 0.6) is 0 Å². The Balaban J connectivity index is 2.42. The summed E-state index contributed by atoms with van der Waals surface area (Å²) in [5, 5.41) is 28.7. The van der Waals surface area contributed by atoms with Crippen molar-refractivity contribution in [3.63, 3.8) is 0 Å². The topological polar surface area (TPSA) is 116 Å². The van der Waals surface area contributed by atoms with Gasteiger partial charge in [-0.2, -0.15) is 0 Å². The van der Waals surface area contributed by atoms with Gasteiger partial charge >= 0.3 is 108 Å². The summed E-state index contributed by atoms with van der Waals surface area (Å²) < 4.78 is 1.24. The van der Waals surface area contributed by atoms with E-state index in [2.05, 4.69) is 4.98 Å². The van der Waals surface area contributed by atoms with Crippen LogP contribution in [0, 0.1) is 6.92 Å². The summed E-state index contributed by atoms with van der Waals surface area (Å²) in [7, 11) is 0. The number of hydrogen-bond acceptors (Lipinski definition) is 5. The van der Waals surface area contributed by atoms with Crippen LogP contribution < -0.4 is 11.2 Å². The number of aromatic nitrogens is 2. The quantitative estimate of drug-likeness (QED) is 0.452. The standard InChI is InChI=1S/C10H14N2O5Se/c1-4-2-12(10(17)11-8(4)16)9-7(15)6(14)5(3-13)18-9/h2,5-7,9,13-15H,3H2,1H3,(H,11,16,17)/t5-,6?,7?,9-/m1/s1. The second-order valence-electron chi connectivity index (χ2n) is 4.21. The molecule has 2 unspecified atom stereocenters. The van der Waals surface area contributed by atoms with Crippen molar-refractivity contribution in [3.8, 4) is 0 Å². The van der Waals surface area contributed by atoms with Gasteiger partial charge in [0.2, 0.25) is 0 Å². The zero-order chi connectivity index (χ0) is 13.4. The van der Waals surface area contributed by atoms with Crippen molar-refractivity contribution in [2.24, 2.45) is 0 Å². The first-order chi connectivity index (χ1) is 8.45. The number of aromatic amines is 1. The molecule has 100 valence electrons. The van der Waals surface area contributed by atoms with Gasteiger partial charge in [0, 0.05) is 0 Å². The van der Waals surface area contributed by atoms with Crippen LogP contribution in [0.15, 0.2) is 15.8 Å². The summed E-state index contributed by atoms with van der Waals surface area (Å²) in [6.07, 6.45) is -0.771. The van der Waals surface area contributed by atoms with Crippen LogP contribution in [0.2, 0.25) is 4.82 Å². The van der Waals surface area contributed by atoms with E-state index < -0.39 is 33.2 Å². The molecule has 0 amide bonds. The van der Waals surface area contributed by atoms with E-state index in [1.165, 1.54) is 10.8 Å². The number of hydrogen-bond donors (Lipinski definition) is 4. The van der Waals surface area contributed by atoms with E-state index in [-0.39, 0.29) is 21.6 Å². The Labute approximate surface area is 108 Å². The summed E-state index contributed by atoms with van der Waals surface area (Å²) >= 11 is -0.331. The van der Waals surface area contributed by atoms with Crippen LogP contribution in [0.3, 0.4) is 0 Å². The molecule has 7 nitrogen and oxygen atoms in total. The Hall–Kier alpha value is -0.921. The molecule has 0 saturated carbocycles. The Morgan fingerprint density at radius 3 is 2.61 bits per heavy atom. The number of aliphatic hydroxyl groups is 3. The van der Waals surface area contributed by atoms with Gasteiger partial charge in [0.15, 0.2) is 0 Å². The minimum absolute atomic E-state index is 0.230. The number of nitrogens with one attached hydrogen (secondary N) is 1. The first kappa shape index (κ1) is 13.5. The van der Waals surface area contributed by atoms with Crippen molar-refractivity contribution < 1.29 is 15.3 Å². The molecule has 18 heavy (non-hydrogen) atoms. The molecule has 8 heteroatoms. The van der Waals surface area contributed by atoms with Gasteiger partial charge in [0.05, 0.1) is 0 Å². The number of aryl methyl sites for hydroxylation is 1. The molecule has 1 saturated heterocycles. The van der Waals surface area contributed by atoms with E-state index in [1.54, 1.807) is 6.92 Å². The molecule has 4 atom stereocenters. The number of nitrogens with zero attached hydrogens (tertiary/aromatic N) is 1. The molecule has 0 aliphatic carbocycles. The van der Waals surface area contributed by atoms with E-state index >= 15 is 0 Å². The number of aliphatic hydroxyl groups excluding tert-OH is 3. The van der Waals surface area contributed by atoms with E-state index in [9.17, 15) is 19.8 Å². The van der Waals surface area contributed by atoms with Gasteiger partial charge in [-0.1, -0.05) is 0 Å². The van der Waals surface area contributed by atoms with E-state index in [0.717, 1.165) is 0 Å². The third-order valence-electron chi connectivity index (χ3n) is 2.94. The summed E-state index contributed by atoms with van der Waals surface area (Å²) in [4.78, 5) is 24.1. The van der Waals surface area contributed by atoms with Crippen LogP contribution >= 0.6 is 0 Å². The monoisotopic (exact) mass is 322 g/mol. The number of rotatable bonds is 2. The molecule has 0 aromatic carbocycles. The van der Waals surface area contributed by atoms with E-state index in [0.29, 0.717) is 5.56 Å². The summed E-state index contributed by atoms with van der Waals surface area (Å²) in [6, 6.07) is 0. The average molecular weight is 321 g/mol. The molecule has 1 aromatic heterocycles. The summed E-state index contributed by atoms with van der Waals surface area (Å²) in [6.45, 7) is 1.33. The van der Waals surface area contributed by atoms with E-state index in [1.807, 2.05) is 0 Å². The van der Waals surface area contributed by atoms with Crippen molar-refractivity contribution in [1.82, 2.24) is 9.55 Å². The van der Waals surface area contributed by atoms with Gasteiger partial charge in [-0.25, -0.2) is 0 Å². The SMILES string of the molecule is Cc1cn([C@@H]2[Se][C@H](CO)C(O)C2O)c(=O)[nH]c1=O. The van der Waals surface area contributed by atoms with Crippen molar-refractivity contribution in [2.45, 2.75) is 28.9 Å². The zero-order valence-corrected chi connectivity index (χ0v) is 11.3. The minimum atomic E-state index is -1.11. The van der Waals surface area contributed by atoms with Gasteiger partial charge in [0.25, 0.3) is 0 Å². The molecule has 1 fully saturated rings.